The van der Waals surface area contributed by atoms with Gasteiger partial charge in [-0.1, -0.05) is 30.3 Å². The molecule has 0 saturated carbocycles. The molecule has 0 spiro atoms. The first kappa shape index (κ1) is 19.6. The fourth-order valence-electron chi connectivity index (χ4n) is 3.70. The van der Waals surface area contributed by atoms with Crippen molar-refractivity contribution in [2.45, 2.75) is 6.54 Å². The summed E-state index contributed by atoms with van der Waals surface area (Å²) in [5.41, 5.74) is 5.17. The summed E-state index contributed by atoms with van der Waals surface area (Å²) in [6.45, 7) is 0.263. The van der Waals surface area contributed by atoms with E-state index in [0.717, 1.165) is 5.56 Å². The van der Waals surface area contributed by atoms with Crippen LogP contribution in [0.2, 0.25) is 0 Å². The fourth-order valence-corrected chi connectivity index (χ4v) is 3.70. The summed E-state index contributed by atoms with van der Waals surface area (Å²) in [5.74, 6) is -1.11. The van der Waals surface area contributed by atoms with Crippen molar-refractivity contribution in [3.63, 3.8) is 0 Å². The maximum absolute atomic E-state index is 13.6. The molecule has 32 heavy (non-hydrogen) atoms. The van der Waals surface area contributed by atoms with E-state index in [1.165, 1.54) is 22.9 Å². The number of esters is 1. The van der Waals surface area contributed by atoms with Crippen LogP contribution in [-0.2, 0) is 16.2 Å². The highest BCUT2D eigenvalue weighted by molar-refractivity contribution is 5.99. The number of allylic oxidation sites excluding steroid dienone is 3. The highest BCUT2D eigenvalue weighted by Crippen LogP contribution is 2.31. The minimum Gasteiger partial charge on any atom is -0.505 e. The predicted molar refractivity (Wildman–Crippen MR) is 116 cm³/mol. The average Bonchev–Trinajstić information content (AvgIpc) is 3.29. The van der Waals surface area contributed by atoms with Gasteiger partial charge in [-0.05, 0) is 29.4 Å². The maximum Gasteiger partial charge on any atom is 0.360 e. The van der Waals surface area contributed by atoms with Crippen molar-refractivity contribution >= 4 is 22.4 Å². The summed E-state index contributed by atoms with van der Waals surface area (Å²) >= 11 is 0. The topological polar surface area (TPSA) is 106 Å². The quantitative estimate of drug-likeness (QED) is 0.608. The third kappa shape index (κ3) is 3.21. The van der Waals surface area contributed by atoms with E-state index in [2.05, 4.69) is 10.5 Å². The van der Waals surface area contributed by atoms with Crippen LogP contribution in [0, 0.1) is 0 Å². The molecule has 3 aromatic rings. The summed E-state index contributed by atoms with van der Waals surface area (Å²) in [6, 6.07) is 11.1. The van der Waals surface area contributed by atoms with E-state index in [4.69, 9.17) is 9.68 Å². The van der Waals surface area contributed by atoms with Crippen molar-refractivity contribution in [1.29, 1.82) is 0 Å². The molecular formula is C23H18N4O5. The Kier molecular flexibility index (Phi) is 4.72. The van der Waals surface area contributed by atoms with E-state index in [1.54, 1.807) is 30.6 Å². The number of fused-ring (bicyclic) bond motifs is 2. The molecule has 0 bridgehead atoms. The van der Waals surface area contributed by atoms with Gasteiger partial charge in [-0.25, -0.2) is 20.3 Å². The van der Waals surface area contributed by atoms with Crippen molar-refractivity contribution in [3.05, 3.63) is 100 Å². The third-order valence-corrected chi connectivity index (χ3v) is 5.30. The van der Waals surface area contributed by atoms with E-state index in [9.17, 15) is 14.7 Å². The van der Waals surface area contributed by atoms with Crippen LogP contribution in [0.1, 0.15) is 21.6 Å². The number of ether oxygens (including phenoxy) is 1. The zero-order valence-corrected chi connectivity index (χ0v) is 17.0. The zero-order valence-electron chi connectivity index (χ0n) is 17.0. The number of nitrogens with zero attached hydrogens (tertiary/aromatic N) is 3. The highest BCUT2D eigenvalue weighted by atomic mass is 16.8. The Balaban J connectivity index is 1.76. The number of aromatic nitrogens is 2. The standard InChI is InChI=1S/C23H18N4O5/c1-31-23(30)20-21(28)18-10-17(15-7-8-27-16(9-15)11-25-32-27)22(29)26(19(18)12-24-20)13-14-5-3-2-4-6-14/h2-12,25,28H,13H2,1H3. The zero-order chi connectivity index (χ0) is 22.2. The van der Waals surface area contributed by atoms with Gasteiger partial charge in [-0.2, -0.15) is 4.94 Å². The summed E-state index contributed by atoms with van der Waals surface area (Å²) in [5, 5.41) is 12.7. The maximum atomic E-state index is 13.6. The summed E-state index contributed by atoms with van der Waals surface area (Å²) in [4.78, 5) is 34.9. The number of hydrogen-bond acceptors (Lipinski definition) is 8. The van der Waals surface area contributed by atoms with Crippen LogP contribution in [0.25, 0.3) is 16.5 Å². The van der Waals surface area contributed by atoms with Crippen molar-refractivity contribution in [3.8, 4) is 5.75 Å². The molecule has 0 unspecified atom stereocenters. The van der Waals surface area contributed by atoms with Gasteiger partial charge in [-0.3, -0.25) is 4.79 Å². The summed E-state index contributed by atoms with van der Waals surface area (Å²) < 4.78 is 6.26. The van der Waals surface area contributed by atoms with Crippen LogP contribution < -0.4 is 11.0 Å². The molecule has 2 aromatic heterocycles. The average molecular weight is 430 g/mol. The molecular weight excluding hydrogens is 412 g/mol. The SMILES string of the molecule is COC(=O)c1ncc2c(cc(C3=CC4=CNON4C=C3)c(=O)n2Cc2ccccc2)c1O. The molecule has 2 N–H and O–H groups in total. The van der Waals surface area contributed by atoms with E-state index in [1.807, 2.05) is 30.3 Å². The molecule has 0 radical (unpaired) electrons. The Morgan fingerprint density at radius 3 is 2.88 bits per heavy atom. The van der Waals surface area contributed by atoms with Gasteiger partial charge in [-0.15, -0.1) is 0 Å². The second kappa shape index (κ2) is 7.71. The number of methoxy groups -OCH3 is 1. The van der Waals surface area contributed by atoms with Gasteiger partial charge in [0.2, 0.25) is 0 Å². The molecule has 2 aliphatic rings. The normalized spacial score (nSPS) is 14.6. The van der Waals surface area contributed by atoms with Crippen LogP contribution in [0.15, 0.2) is 77.6 Å². The number of hydrogen-bond donors (Lipinski definition) is 2. The number of hydroxylamine groups is 3. The summed E-state index contributed by atoms with van der Waals surface area (Å²) in [6.07, 6.45) is 8.26. The van der Waals surface area contributed by atoms with E-state index >= 15 is 0 Å². The van der Waals surface area contributed by atoms with Crippen LogP contribution in [0.3, 0.4) is 0 Å². The fraction of sp³-hybridized carbons (Fsp3) is 0.0870. The van der Waals surface area contributed by atoms with Crippen LogP contribution in [-0.4, -0.2) is 32.8 Å². The number of rotatable bonds is 4. The van der Waals surface area contributed by atoms with Gasteiger partial charge >= 0.3 is 5.97 Å². The molecule has 1 aromatic carbocycles. The Morgan fingerprint density at radius 2 is 2.09 bits per heavy atom. The van der Waals surface area contributed by atoms with E-state index < -0.39 is 5.97 Å². The van der Waals surface area contributed by atoms with Gasteiger partial charge in [0.05, 0.1) is 37.3 Å². The molecule has 4 heterocycles. The molecule has 0 aliphatic carbocycles. The Morgan fingerprint density at radius 1 is 1.28 bits per heavy atom. The molecule has 2 aliphatic heterocycles. The first-order chi connectivity index (χ1) is 15.6. The van der Waals surface area contributed by atoms with E-state index in [0.29, 0.717) is 27.7 Å². The van der Waals surface area contributed by atoms with Crippen molar-refractivity contribution in [1.82, 2.24) is 20.1 Å². The lowest BCUT2D eigenvalue weighted by atomic mass is 10.0. The number of pyridine rings is 2. The Hall–Kier alpha value is -4.37. The lowest BCUT2D eigenvalue weighted by Crippen LogP contribution is -2.25. The first-order valence-electron chi connectivity index (χ1n) is 9.76. The van der Waals surface area contributed by atoms with Crippen LogP contribution >= 0.6 is 0 Å². The summed E-state index contributed by atoms with van der Waals surface area (Å²) in [7, 11) is 1.21. The molecule has 0 amide bonds. The second-order valence-electron chi connectivity index (χ2n) is 7.20. The second-order valence-corrected chi connectivity index (χ2v) is 7.20. The number of benzene rings is 1. The minimum atomic E-state index is -0.765. The van der Waals surface area contributed by atoms with Crippen molar-refractivity contribution in [2.75, 3.05) is 7.11 Å². The molecule has 9 nitrogen and oxygen atoms in total. The Bertz CT molecular complexity index is 1390. The van der Waals surface area contributed by atoms with Gasteiger partial charge in [0.1, 0.15) is 0 Å². The third-order valence-electron chi connectivity index (χ3n) is 5.30. The van der Waals surface area contributed by atoms with Gasteiger partial charge in [0.15, 0.2) is 11.4 Å². The molecule has 9 heteroatoms. The van der Waals surface area contributed by atoms with Gasteiger partial charge in [0, 0.05) is 17.1 Å². The number of carbonyl (C=O) groups excluding carboxylic acids is 1. The molecule has 0 atom stereocenters. The first-order valence-corrected chi connectivity index (χ1v) is 9.76. The molecule has 0 fully saturated rings. The van der Waals surface area contributed by atoms with Crippen LogP contribution in [0.5, 0.6) is 5.75 Å². The molecule has 160 valence electrons. The lowest BCUT2D eigenvalue weighted by molar-refractivity contribution is -0.112. The highest BCUT2D eigenvalue weighted by Gasteiger charge is 2.23. The van der Waals surface area contributed by atoms with E-state index in [-0.39, 0.29) is 23.5 Å². The number of carbonyl (C=O) groups is 1. The van der Waals surface area contributed by atoms with Gasteiger partial charge in [0.25, 0.3) is 5.56 Å². The molecule has 5 rings (SSSR count). The molecule has 0 saturated heterocycles. The number of nitrogens with one attached hydrogen (secondary N) is 1. The van der Waals surface area contributed by atoms with Gasteiger partial charge < -0.3 is 14.4 Å². The number of aromatic hydroxyl groups is 1. The predicted octanol–water partition coefficient (Wildman–Crippen LogP) is 2.44. The smallest absolute Gasteiger partial charge is 0.360 e. The lowest BCUT2D eigenvalue weighted by Gasteiger charge is -2.19. The van der Waals surface area contributed by atoms with Crippen molar-refractivity contribution in [2.24, 2.45) is 0 Å². The minimum absolute atomic E-state index is 0.216. The van der Waals surface area contributed by atoms with Crippen LogP contribution in [0.4, 0.5) is 0 Å². The largest absolute Gasteiger partial charge is 0.505 e. The van der Waals surface area contributed by atoms with Crippen molar-refractivity contribution < 1.29 is 19.6 Å². The monoisotopic (exact) mass is 430 g/mol. The Labute approximate surface area is 182 Å².